The average Bonchev–Trinajstić information content (AvgIpc) is 2.43. The summed E-state index contributed by atoms with van der Waals surface area (Å²) >= 11 is 3.35. The highest BCUT2D eigenvalue weighted by Gasteiger charge is 2.32. The molecule has 1 saturated heterocycles. The Morgan fingerprint density at radius 2 is 2.19 bits per heavy atom. The number of aliphatic carboxylic acids is 1. The van der Waals surface area contributed by atoms with Gasteiger partial charge in [-0.2, -0.15) is 12.7 Å². The van der Waals surface area contributed by atoms with Crippen molar-refractivity contribution in [3.8, 4) is 0 Å². The molecule has 1 atom stereocenters. The van der Waals surface area contributed by atoms with Gasteiger partial charge < -0.3 is 5.11 Å². The maximum atomic E-state index is 12.3. The van der Waals surface area contributed by atoms with Crippen LogP contribution in [-0.4, -0.2) is 36.9 Å². The highest BCUT2D eigenvalue weighted by Crippen LogP contribution is 2.24. The van der Waals surface area contributed by atoms with Gasteiger partial charge in [-0.05, 0) is 37.5 Å². The van der Waals surface area contributed by atoms with Crippen LogP contribution < -0.4 is 4.72 Å². The normalized spacial score (nSPS) is 20.2. The SMILES string of the molecule is Cc1ccc(NS(=O)(=O)N2CCCC(C(=O)O)C2)cc1Br. The molecule has 1 unspecified atom stereocenters. The molecule has 0 spiro atoms. The van der Waals surface area contributed by atoms with E-state index < -0.39 is 22.1 Å². The molecule has 0 aliphatic carbocycles. The summed E-state index contributed by atoms with van der Waals surface area (Å²) in [6.07, 6.45) is 1.06. The minimum absolute atomic E-state index is 0.0116. The number of carboxylic acid groups (broad SMARTS) is 1. The van der Waals surface area contributed by atoms with Gasteiger partial charge in [0.25, 0.3) is 0 Å². The topological polar surface area (TPSA) is 86.7 Å². The van der Waals surface area contributed by atoms with Crippen LogP contribution >= 0.6 is 15.9 Å². The summed E-state index contributed by atoms with van der Waals surface area (Å²) in [6.45, 7) is 2.26. The Labute approximate surface area is 132 Å². The molecule has 1 heterocycles. The number of aryl methyl sites for hydroxylation is 1. The number of hydrogen-bond acceptors (Lipinski definition) is 3. The second-order valence-electron chi connectivity index (χ2n) is 5.11. The van der Waals surface area contributed by atoms with Crippen molar-refractivity contribution in [1.29, 1.82) is 0 Å². The molecule has 116 valence electrons. The summed E-state index contributed by atoms with van der Waals surface area (Å²) in [5, 5.41) is 9.03. The second-order valence-corrected chi connectivity index (χ2v) is 7.63. The maximum absolute atomic E-state index is 12.3. The molecule has 2 N–H and O–H groups in total. The molecule has 0 radical (unpaired) electrons. The van der Waals surface area contributed by atoms with E-state index in [1.54, 1.807) is 18.2 Å². The lowest BCUT2D eigenvalue weighted by Crippen LogP contribution is -2.44. The summed E-state index contributed by atoms with van der Waals surface area (Å²) in [6, 6.07) is 5.17. The molecule has 0 amide bonds. The first-order valence-electron chi connectivity index (χ1n) is 6.56. The average molecular weight is 377 g/mol. The monoisotopic (exact) mass is 376 g/mol. The van der Waals surface area contributed by atoms with Gasteiger partial charge in [-0.3, -0.25) is 9.52 Å². The van der Waals surface area contributed by atoms with Gasteiger partial charge in [0.05, 0.1) is 11.6 Å². The van der Waals surface area contributed by atoms with Gasteiger partial charge >= 0.3 is 16.2 Å². The maximum Gasteiger partial charge on any atom is 0.307 e. The fourth-order valence-corrected chi connectivity index (χ4v) is 3.91. The molecule has 6 nitrogen and oxygen atoms in total. The number of nitrogens with one attached hydrogen (secondary N) is 1. The highest BCUT2D eigenvalue weighted by atomic mass is 79.9. The number of rotatable bonds is 4. The highest BCUT2D eigenvalue weighted by molar-refractivity contribution is 9.10. The first-order chi connectivity index (χ1) is 9.79. The molecular formula is C13H17BrN2O4S. The Morgan fingerprint density at radius 3 is 2.81 bits per heavy atom. The van der Waals surface area contributed by atoms with Crippen LogP contribution in [0.15, 0.2) is 22.7 Å². The third-order valence-corrected chi connectivity index (χ3v) is 5.85. The van der Waals surface area contributed by atoms with Gasteiger partial charge in [-0.25, -0.2) is 0 Å². The minimum Gasteiger partial charge on any atom is -0.481 e. The molecule has 21 heavy (non-hydrogen) atoms. The molecule has 1 aliphatic heterocycles. The van der Waals surface area contributed by atoms with Crippen LogP contribution in [0.4, 0.5) is 5.69 Å². The van der Waals surface area contributed by atoms with Crippen molar-refractivity contribution < 1.29 is 18.3 Å². The van der Waals surface area contributed by atoms with Gasteiger partial charge in [0.15, 0.2) is 0 Å². The molecular weight excluding hydrogens is 360 g/mol. The van der Waals surface area contributed by atoms with E-state index in [1.165, 1.54) is 4.31 Å². The van der Waals surface area contributed by atoms with Gasteiger partial charge in [0, 0.05) is 17.6 Å². The van der Waals surface area contributed by atoms with Crippen molar-refractivity contribution in [1.82, 2.24) is 4.31 Å². The van der Waals surface area contributed by atoms with Gasteiger partial charge in [-0.15, -0.1) is 0 Å². The largest absolute Gasteiger partial charge is 0.481 e. The number of nitrogens with zero attached hydrogens (tertiary/aromatic N) is 1. The molecule has 0 aromatic heterocycles. The molecule has 1 aliphatic rings. The molecule has 8 heteroatoms. The second kappa shape index (κ2) is 6.33. The lowest BCUT2D eigenvalue weighted by molar-refractivity contribution is -0.142. The van der Waals surface area contributed by atoms with Gasteiger partial charge in [0.1, 0.15) is 0 Å². The smallest absolute Gasteiger partial charge is 0.307 e. The number of anilines is 1. The van der Waals surface area contributed by atoms with E-state index >= 15 is 0 Å². The summed E-state index contributed by atoms with van der Waals surface area (Å²) in [4.78, 5) is 11.0. The standard InChI is InChI=1S/C13H17BrN2O4S/c1-9-4-5-11(7-12(9)14)15-21(19,20)16-6-2-3-10(8-16)13(17)18/h4-5,7,10,15H,2-3,6,8H2,1H3,(H,17,18). The van der Waals surface area contributed by atoms with Crippen molar-refractivity contribution in [3.63, 3.8) is 0 Å². The predicted octanol–water partition coefficient (Wildman–Crippen LogP) is 2.21. The summed E-state index contributed by atoms with van der Waals surface area (Å²) < 4.78 is 29.2. The van der Waals surface area contributed by atoms with E-state index in [0.29, 0.717) is 25.1 Å². The summed E-state index contributed by atoms with van der Waals surface area (Å²) in [7, 11) is -3.73. The fourth-order valence-electron chi connectivity index (χ4n) is 2.23. The van der Waals surface area contributed by atoms with E-state index in [0.717, 1.165) is 10.0 Å². The number of halogens is 1. The lowest BCUT2D eigenvalue weighted by atomic mass is 10.0. The zero-order valence-electron chi connectivity index (χ0n) is 11.5. The van der Waals surface area contributed by atoms with Crippen molar-refractivity contribution in [2.45, 2.75) is 19.8 Å². The molecule has 0 saturated carbocycles. The van der Waals surface area contributed by atoms with E-state index in [1.807, 2.05) is 6.92 Å². The van der Waals surface area contributed by atoms with Crippen LogP contribution in [0.5, 0.6) is 0 Å². The summed E-state index contributed by atoms with van der Waals surface area (Å²) in [5.74, 6) is -1.59. The van der Waals surface area contributed by atoms with Crippen molar-refractivity contribution in [2.24, 2.45) is 5.92 Å². The Hall–Kier alpha value is -1.12. The molecule has 0 bridgehead atoms. The van der Waals surface area contributed by atoms with Gasteiger partial charge in [-0.1, -0.05) is 22.0 Å². The number of benzene rings is 1. The Morgan fingerprint density at radius 1 is 1.48 bits per heavy atom. The fraction of sp³-hybridized carbons (Fsp3) is 0.462. The third-order valence-electron chi connectivity index (χ3n) is 3.49. The predicted molar refractivity (Wildman–Crippen MR) is 83.4 cm³/mol. The van der Waals surface area contributed by atoms with E-state index in [4.69, 9.17) is 5.11 Å². The van der Waals surface area contributed by atoms with Crippen LogP contribution in [-0.2, 0) is 15.0 Å². The molecule has 1 fully saturated rings. The van der Waals surface area contributed by atoms with Crippen molar-refractivity contribution in [2.75, 3.05) is 17.8 Å². The van der Waals surface area contributed by atoms with Crippen LogP contribution in [0.3, 0.4) is 0 Å². The number of hydrogen-bond donors (Lipinski definition) is 2. The van der Waals surface area contributed by atoms with E-state index in [9.17, 15) is 13.2 Å². The van der Waals surface area contributed by atoms with Gasteiger partial charge in [0.2, 0.25) is 0 Å². The zero-order chi connectivity index (χ0) is 15.6. The summed E-state index contributed by atoms with van der Waals surface area (Å²) in [5.41, 5.74) is 1.45. The van der Waals surface area contributed by atoms with Crippen LogP contribution in [0, 0.1) is 12.8 Å². The molecule has 1 aromatic carbocycles. The lowest BCUT2D eigenvalue weighted by Gasteiger charge is -2.30. The Balaban J connectivity index is 2.14. The Kier molecular flexibility index (Phi) is 4.90. The quantitative estimate of drug-likeness (QED) is 0.843. The van der Waals surface area contributed by atoms with E-state index in [-0.39, 0.29) is 6.54 Å². The number of piperidine rings is 1. The Bertz CT molecular complexity index is 648. The van der Waals surface area contributed by atoms with Crippen LogP contribution in [0.1, 0.15) is 18.4 Å². The van der Waals surface area contributed by atoms with Crippen LogP contribution in [0.2, 0.25) is 0 Å². The zero-order valence-corrected chi connectivity index (χ0v) is 13.9. The number of carboxylic acids is 1. The molecule has 2 rings (SSSR count). The number of carbonyl (C=O) groups is 1. The van der Waals surface area contributed by atoms with E-state index in [2.05, 4.69) is 20.7 Å². The minimum atomic E-state index is -3.73. The molecule has 1 aromatic rings. The first kappa shape index (κ1) is 16.3. The first-order valence-corrected chi connectivity index (χ1v) is 8.80. The third kappa shape index (κ3) is 3.96. The van der Waals surface area contributed by atoms with Crippen LogP contribution in [0.25, 0.3) is 0 Å². The van der Waals surface area contributed by atoms with Crippen molar-refractivity contribution in [3.05, 3.63) is 28.2 Å². The van der Waals surface area contributed by atoms with Crippen molar-refractivity contribution >= 4 is 37.8 Å².